The molecule has 0 radical (unpaired) electrons. The predicted molar refractivity (Wildman–Crippen MR) is 94.8 cm³/mol. The van der Waals surface area contributed by atoms with Gasteiger partial charge < -0.3 is 9.64 Å². The maximum atomic E-state index is 11.1. The van der Waals surface area contributed by atoms with Gasteiger partial charge in [-0.3, -0.25) is 9.36 Å². The third-order valence-electron chi connectivity index (χ3n) is 3.81. The Morgan fingerprint density at radius 2 is 2.00 bits per heavy atom. The highest BCUT2D eigenvalue weighted by atomic mass is 35.5. The number of esters is 1. The lowest BCUT2D eigenvalue weighted by Crippen LogP contribution is -2.27. The van der Waals surface area contributed by atoms with E-state index in [-0.39, 0.29) is 12.1 Å². The zero-order chi connectivity index (χ0) is 17.7. The SMILES string of the molecule is CCC(CCN(C)c1nnc(C)n1-c1ccc(Cl)cc1)OC(C)=O. The molecule has 0 N–H and O–H groups in total. The molecule has 2 aromatic rings. The lowest BCUT2D eigenvalue weighted by Gasteiger charge is -2.22. The third-order valence-corrected chi connectivity index (χ3v) is 4.06. The van der Waals surface area contributed by atoms with Crippen LogP contribution in [0.15, 0.2) is 24.3 Å². The van der Waals surface area contributed by atoms with E-state index >= 15 is 0 Å². The van der Waals surface area contributed by atoms with Crippen LogP contribution in [-0.2, 0) is 9.53 Å². The highest BCUT2D eigenvalue weighted by Gasteiger charge is 2.17. The molecular weight excluding hydrogens is 328 g/mol. The van der Waals surface area contributed by atoms with Crippen molar-refractivity contribution in [3.63, 3.8) is 0 Å². The molecule has 0 aliphatic heterocycles. The molecule has 130 valence electrons. The highest BCUT2D eigenvalue weighted by Crippen LogP contribution is 2.21. The minimum atomic E-state index is -0.246. The second-order valence-corrected chi connectivity index (χ2v) is 6.15. The van der Waals surface area contributed by atoms with Gasteiger partial charge in [0.05, 0.1) is 5.69 Å². The second kappa shape index (κ2) is 8.15. The number of carbonyl (C=O) groups is 1. The molecule has 24 heavy (non-hydrogen) atoms. The Kier molecular flexibility index (Phi) is 6.20. The van der Waals surface area contributed by atoms with Crippen molar-refractivity contribution in [2.24, 2.45) is 0 Å². The van der Waals surface area contributed by atoms with E-state index in [0.717, 1.165) is 30.3 Å². The molecular formula is C17H23ClN4O2. The topological polar surface area (TPSA) is 60.3 Å². The van der Waals surface area contributed by atoms with Crippen molar-refractivity contribution in [1.82, 2.24) is 14.8 Å². The van der Waals surface area contributed by atoms with Gasteiger partial charge in [-0.25, -0.2) is 0 Å². The molecule has 0 saturated heterocycles. The second-order valence-electron chi connectivity index (χ2n) is 5.71. The fourth-order valence-corrected chi connectivity index (χ4v) is 2.64. The van der Waals surface area contributed by atoms with E-state index in [2.05, 4.69) is 10.2 Å². The standard InChI is InChI=1S/C17H23ClN4O2/c1-5-16(24-13(3)23)10-11-21(4)17-20-19-12(2)22(17)15-8-6-14(18)7-9-15/h6-9,16H,5,10-11H2,1-4H3. The molecule has 7 heteroatoms. The Balaban J connectivity index is 2.14. The first-order chi connectivity index (χ1) is 11.4. The number of hydrogen-bond acceptors (Lipinski definition) is 5. The maximum absolute atomic E-state index is 11.1. The minimum Gasteiger partial charge on any atom is -0.463 e. The third kappa shape index (κ3) is 4.47. The number of benzene rings is 1. The lowest BCUT2D eigenvalue weighted by atomic mass is 10.2. The van der Waals surface area contributed by atoms with Crippen LogP contribution in [0.4, 0.5) is 5.95 Å². The van der Waals surface area contributed by atoms with Gasteiger partial charge in [-0.1, -0.05) is 18.5 Å². The fraction of sp³-hybridized carbons (Fsp3) is 0.471. The van der Waals surface area contributed by atoms with Gasteiger partial charge in [-0.2, -0.15) is 0 Å². The van der Waals surface area contributed by atoms with E-state index < -0.39 is 0 Å². The Labute approximate surface area is 147 Å². The summed E-state index contributed by atoms with van der Waals surface area (Å²) in [4.78, 5) is 13.1. The average molecular weight is 351 g/mol. The van der Waals surface area contributed by atoms with Crippen LogP contribution in [0.3, 0.4) is 0 Å². The molecule has 0 bridgehead atoms. The number of anilines is 1. The predicted octanol–water partition coefficient (Wildman–Crippen LogP) is 3.40. The number of ether oxygens (including phenoxy) is 1. The van der Waals surface area contributed by atoms with Crippen molar-refractivity contribution in [3.8, 4) is 5.69 Å². The molecule has 1 heterocycles. The summed E-state index contributed by atoms with van der Waals surface area (Å²) in [6, 6.07) is 7.55. The first-order valence-electron chi connectivity index (χ1n) is 7.98. The number of halogens is 1. The molecule has 1 aromatic heterocycles. The summed E-state index contributed by atoms with van der Waals surface area (Å²) in [5.41, 5.74) is 0.954. The van der Waals surface area contributed by atoms with E-state index in [1.54, 1.807) is 0 Å². The zero-order valence-electron chi connectivity index (χ0n) is 14.5. The van der Waals surface area contributed by atoms with Crippen LogP contribution in [0.1, 0.15) is 32.5 Å². The minimum absolute atomic E-state index is 0.0852. The molecule has 0 aliphatic carbocycles. The molecule has 2 rings (SSSR count). The van der Waals surface area contributed by atoms with Crippen LogP contribution in [0, 0.1) is 6.92 Å². The van der Waals surface area contributed by atoms with E-state index in [4.69, 9.17) is 16.3 Å². The molecule has 0 amide bonds. The highest BCUT2D eigenvalue weighted by molar-refractivity contribution is 6.30. The summed E-state index contributed by atoms with van der Waals surface area (Å²) in [5, 5.41) is 9.15. The molecule has 0 fully saturated rings. The van der Waals surface area contributed by atoms with Crippen molar-refractivity contribution in [1.29, 1.82) is 0 Å². The molecule has 1 aromatic carbocycles. The first-order valence-corrected chi connectivity index (χ1v) is 8.36. The molecule has 6 nitrogen and oxygen atoms in total. The normalized spacial score (nSPS) is 12.0. The van der Waals surface area contributed by atoms with Crippen LogP contribution < -0.4 is 4.90 Å². The molecule has 1 atom stereocenters. The monoisotopic (exact) mass is 350 g/mol. The number of aryl methyl sites for hydroxylation is 1. The van der Waals surface area contributed by atoms with Gasteiger partial charge in [0.25, 0.3) is 0 Å². The van der Waals surface area contributed by atoms with Gasteiger partial charge in [0.15, 0.2) is 0 Å². The number of nitrogens with zero attached hydrogens (tertiary/aromatic N) is 4. The summed E-state index contributed by atoms with van der Waals surface area (Å²) in [5.74, 6) is 1.29. The van der Waals surface area contributed by atoms with Crippen molar-refractivity contribution in [2.75, 3.05) is 18.5 Å². The van der Waals surface area contributed by atoms with Crippen LogP contribution in [-0.4, -0.2) is 40.4 Å². The van der Waals surface area contributed by atoms with Gasteiger partial charge in [0.1, 0.15) is 11.9 Å². The summed E-state index contributed by atoms with van der Waals surface area (Å²) in [6.07, 6.45) is 1.44. The molecule has 0 aliphatic rings. The van der Waals surface area contributed by atoms with E-state index in [0.29, 0.717) is 11.6 Å². The van der Waals surface area contributed by atoms with Crippen molar-refractivity contribution in [3.05, 3.63) is 35.1 Å². The van der Waals surface area contributed by atoms with Crippen LogP contribution >= 0.6 is 11.6 Å². The average Bonchev–Trinajstić information content (AvgIpc) is 2.93. The number of carbonyl (C=O) groups excluding carboxylic acids is 1. The summed E-state index contributed by atoms with van der Waals surface area (Å²) in [6.45, 7) is 6.06. The number of rotatable bonds is 7. The largest absolute Gasteiger partial charge is 0.463 e. The van der Waals surface area contributed by atoms with E-state index in [1.807, 2.05) is 54.6 Å². The molecule has 0 spiro atoms. The van der Waals surface area contributed by atoms with E-state index in [1.165, 1.54) is 6.92 Å². The Morgan fingerprint density at radius 3 is 2.58 bits per heavy atom. The van der Waals surface area contributed by atoms with Gasteiger partial charge >= 0.3 is 5.97 Å². The van der Waals surface area contributed by atoms with E-state index in [9.17, 15) is 4.79 Å². The number of hydrogen-bond donors (Lipinski definition) is 0. The van der Waals surface area contributed by atoms with Gasteiger partial charge in [0.2, 0.25) is 5.95 Å². The Morgan fingerprint density at radius 1 is 1.33 bits per heavy atom. The van der Waals surface area contributed by atoms with Crippen LogP contribution in [0.2, 0.25) is 5.02 Å². The Bertz CT molecular complexity index is 684. The van der Waals surface area contributed by atoms with Gasteiger partial charge in [-0.05, 0) is 37.6 Å². The maximum Gasteiger partial charge on any atom is 0.302 e. The number of aromatic nitrogens is 3. The first kappa shape index (κ1) is 18.3. The van der Waals surface area contributed by atoms with Crippen molar-refractivity contribution < 1.29 is 9.53 Å². The van der Waals surface area contributed by atoms with Gasteiger partial charge in [0, 0.05) is 32.0 Å². The molecule has 1 unspecified atom stereocenters. The summed E-state index contributed by atoms with van der Waals surface area (Å²) in [7, 11) is 1.95. The van der Waals surface area contributed by atoms with Crippen molar-refractivity contribution >= 4 is 23.5 Å². The summed E-state index contributed by atoms with van der Waals surface area (Å²) >= 11 is 5.96. The Hall–Kier alpha value is -2.08. The molecule has 0 saturated carbocycles. The van der Waals surface area contributed by atoms with Crippen LogP contribution in [0.5, 0.6) is 0 Å². The smallest absolute Gasteiger partial charge is 0.302 e. The van der Waals surface area contributed by atoms with Gasteiger partial charge in [-0.15, -0.1) is 10.2 Å². The quantitative estimate of drug-likeness (QED) is 0.716. The fourth-order valence-electron chi connectivity index (χ4n) is 2.51. The van der Waals surface area contributed by atoms with Crippen LogP contribution in [0.25, 0.3) is 5.69 Å². The zero-order valence-corrected chi connectivity index (χ0v) is 15.2. The summed E-state index contributed by atoms with van der Waals surface area (Å²) < 4.78 is 7.27. The van der Waals surface area contributed by atoms with Crippen molar-refractivity contribution in [2.45, 2.75) is 39.7 Å². The lowest BCUT2D eigenvalue weighted by molar-refractivity contribution is -0.146.